The number of halogens is 9. The van der Waals surface area contributed by atoms with Crippen LogP contribution < -0.4 is 0 Å². The topological polar surface area (TPSA) is 197 Å². The van der Waals surface area contributed by atoms with Crippen LogP contribution in [-0.4, -0.2) is 81.5 Å². The Bertz CT molecular complexity index is 2040. The zero-order valence-corrected chi connectivity index (χ0v) is 24.6. The monoisotopic (exact) mass is 722 g/mol. The Labute approximate surface area is 270 Å². The number of alkyl halides is 9. The minimum Gasteiger partial charge on any atom is -0.475 e. The number of carbonyl (C=O) groups is 3. The molecule has 0 fully saturated rings. The first-order valence-corrected chi connectivity index (χ1v) is 13.2. The molecule has 0 saturated carbocycles. The zero-order valence-electron chi connectivity index (χ0n) is 24.6. The van der Waals surface area contributed by atoms with Crippen molar-refractivity contribution in [2.24, 2.45) is 0 Å². The van der Waals surface area contributed by atoms with Crippen molar-refractivity contribution in [3.8, 4) is 22.8 Å². The Morgan fingerprint density at radius 1 is 0.740 bits per heavy atom. The van der Waals surface area contributed by atoms with Crippen molar-refractivity contribution >= 4 is 51.1 Å². The first kappa shape index (κ1) is 38.2. The molecule has 0 aliphatic carbocycles. The van der Waals surface area contributed by atoms with E-state index in [0.717, 1.165) is 45.3 Å². The molecule has 0 amide bonds. The van der Waals surface area contributed by atoms with E-state index in [0.29, 0.717) is 17.3 Å². The number of nitrogens with one attached hydrogen (secondary N) is 1. The van der Waals surface area contributed by atoms with Gasteiger partial charge in [0.05, 0.1) is 22.7 Å². The molecule has 6 rings (SSSR count). The Balaban J connectivity index is 0.000000265. The second-order valence-electron chi connectivity index (χ2n) is 9.30. The highest BCUT2D eigenvalue weighted by molar-refractivity contribution is 5.86. The van der Waals surface area contributed by atoms with Gasteiger partial charge in [0.25, 0.3) is 5.89 Å². The molecule has 266 valence electrons. The fraction of sp³-hybridized carbons (Fsp3) is 0.179. The second kappa shape index (κ2) is 14.9. The van der Waals surface area contributed by atoms with Gasteiger partial charge in [-0.3, -0.25) is 9.67 Å². The molecule has 0 spiro atoms. The maximum Gasteiger partial charge on any atom is 0.490 e. The maximum absolute atomic E-state index is 10.6. The fourth-order valence-corrected chi connectivity index (χ4v) is 3.63. The number of aliphatic carboxylic acids is 3. The van der Waals surface area contributed by atoms with Crippen molar-refractivity contribution in [3.05, 3.63) is 60.9 Å². The summed E-state index contributed by atoms with van der Waals surface area (Å²) in [4.78, 5) is 43.7. The molecule has 4 N–H and O–H groups in total. The lowest BCUT2D eigenvalue weighted by Gasteiger charge is -2.03. The van der Waals surface area contributed by atoms with Gasteiger partial charge in [-0.25, -0.2) is 24.4 Å². The summed E-state index contributed by atoms with van der Waals surface area (Å²) >= 11 is 0. The molecule has 50 heavy (non-hydrogen) atoms. The fourth-order valence-electron chi connectivity index (χ4n) is 3.63. The minimum absolute atomic E-state index is 0.478. The van der Waals surface area contributed by atoms with E-state index in [-0.39, 0.29) is 0 Å². The summed E-state index contributed by atoms with van der Waals surface area (Å²) in [5, 5.41) is 25.7. The molecule has 0 aliphatic heterocycles. The maximum atomic E-state index is 10.6. The van der Waals surface area contributed by atoms with Gasteiger partial charge in [0.2, 0.25) is 0 Å². The second-order valence-corrected chi connectivity index (χ2v) is 9.30. The molecule has 2 aromatic carbocycles. The summed E-state index contributed by atoms with van der Waals surface area (Å²) < 4.78 is 103. The van der Waals surface area contributed by atoms with Crippen molar-refractivity contribution in [3.63, 3.8) is 0 Å². The van der Waals surface area contributed by atoms with Crippen LogP contribution in [0, 0.1) is 0 Å². The Hall–Kier alpha value is -6.22. The molecule has 0 radical (unpaired) electrons. The van der Waals surface area contributed by atoms with E-state index < -0.39 is 36.4 Å². The number of pyridine rings is 1. The molecule has 4 aromatic heterocycles. The lowest BCUT2D eigenvalue weighted by molar-refractivity contribution is -0.193. The summed E-state index contributed by atoms with van der Waals surface area (Å²) in [5.74, 6) is -7.17. The molecular formula is C28H19F9N6O7. The number of benzene rings is 2. The van der Waals surface area contributed by atoms with E-state index in [2.05, 4.69) is 38.0 Å². The minimum atomic E-state index is -5.08. The number of hydrogen-bond acceptors (Lipinski definition) is 8. The standard InChI is InChI=1S/C22H16N6O.3C2HF3O2/c1-2-28-19-9-14(11-23-18(19)12-24-28)13-7-8-17-20(10-13)29-22(27-17)21-25-15-5-3-4-6-16(15)26-21;3*3-2(4,5)1(6)7/h3-12H,2H2,1H3,(H,25,26);3*(H,6,7). The summed E-state index contributed by atoms with van der Waals surface area (Å²) in [5.41, 5.74) is 7.28. The third kappa shape index (κ3) is 9.90. The van der Waals surface area contributed by atoms with Crippen molar-refractivity contribution in [1.82, 2.24) is 29.7 Å². The Morgan fingerprint density at radius 3 is 1.82 bits per heavy atom. The van der Waals surface area contributed by atoms with Crippen LogP contribution in [0.3, 0.4) is 0 Å². The number of fused-ring (bicyclic) bond motifs is 3. The van der Waals surface area contributed by atoms with E-state index in [9.17, 15) is 39.5 Å². The molecule has 4 heterocycles. The van der Waals surface area contributed by atoms with Gasteiger partial charge in [0.1, 0.15) is 11.0 Å². The van der Waals surface area contributed by atoms with Crippen LogP contribution in [-0.2, 0) is 20.9 Å². The van der Waals surface area contributed by atoms with E-state index >= 15 is 0 Å². The lowest BCUT2D eigenvalue weighted by atomic mass is 10.1. The quantitative estimate of drug-likeness (QED) is 0.142. The molecule has 13 nitrogen and oxygen atoms in total. The highest BCUT2D eigenvalue weighted by Gasteiger charge is 2.39. The summed E-state index contributed by atoms with van der Waals surface area (Å²) in [6.45, 7) is 2.87. The number of rotatable bonds is 3. The van der Waals surface area contributed by atoms with Crippen LogP contribution in [0.1, 0.15) is 6.92 Å². The molecule has 0 unspecified atom stereocenters. The van der Waals surface area contributed by atoms with Gasteiger partial charge in [-0.05, 0) is 42.8 Å². The number of para-hydroxylation sites is 2. The first-order valence-electron chi connectivity index (χ1n) is 13.2. The first-order chi connectivity index (χ1) is 23.1. The molecule has 6 aromatic rings. The zero-order chi connectivity index (χ0) is 37.6. The van der Waals surface area contributed by atoms with Gasteiger partial charge < -0.3 is 24.7 Å². The van der Waals surface area contributed by atoms with Gasteiger partial charge in [0, 0.05) is 18.3 Å². The van der Waals surface area contributed by atoms with Crippen LogP contribution in [0.15, 0.2) is 65.3 Å². The summed E-state index contributed by atoms with van der Waals surface area (Å²) in [7, 11) is 0. The summed E-state index contributed by atoms with van der Waals surface area (Å²) in [6, 6.07) is 16.0. The molecule has 0 aliphatic rings. The average Bonchev–Trinajstić information content (AvgIpc) is 3.76. The van der Waals surface area contributed by atoms with Crippen LogP contribution in [0.25, 0.3) is 56.0 Å². The average molecular weight is 722 g/mol. The van der Waals surface area contributed by atoms with Crippen LogP contribution in [0.4, 0.5) is 39.5 Å². The van der Waals surface area contributed by atoms with Crippen LogP contribution >= 0.6 is 0 Å². The van der Waals surface area contributed by atoms with Crippen LogP contribution in [0.2, 0.25) is 0 Å². The third-order valence-electron chi connectivity index (χ3n) is 5.84. The number of H-pyrrole nitrogens is 1. The number of oxazole rings is 1. The van der Waals surface area contributed by atoms with Gasteiger partial charge >= 0.3 is 36.4 Å². The highest BCUT2D eigenvalue weighted by atomic mass is 19.4. The van der Waals surface area contributed by atoms with Crippen molar-refractivity contribution in [2.75, 3.05) is 0 Å². The van der Waals surface area contributed by atoms with E-state index in [4.69, 9.17) is 34.1 Å². The van der Waals surface area contributed by atoms with Crippen molar-refractivity contribution in [2.45, 2.75) is 32.0 Å². The van der Waals surface area contributed by atoms with Crippen molar-refractivity contribution in [1.29, 1.82) is 0 Å². The SMILES string of the molecule is CCn1ncc2ncc(-c3ccc4nc(-c5nc6ccccc6[nH]5)oc4c3)cc21.O=C(O)C(F)(F)F.O=C(O)C(F)(F)F.O=C(O)C(F)(F)F. The smallest absolute Gasteiger partial charge is 0.475 e. The lowest BCUT2D eigenvalue weighted by Crippen LogP contribution is -2.21. The predicted octanol–water partition coefficient (Wildman–Crippen LogP) is 6.70. The number of aromatic nitrogens is 6. The van der Waals surface area contributed by atoms with Gasteiger partial charge in [-0.2, -0.15) is 44.6 Å². The summed E-state index contributed by atoms with van der Waals surface area (Å²) in [6.07, 6.45) is -11.6. The number of imidazole rings is 1. The predicted molar refractivity (Wildman–Crippen MR) is 152 cm³/mol. The van der Waals surface area contributed by atoms with E-state index in [1.165, 1.54) is 0 Å². The molecule has 0 saturated heterocycles. The highest BCUT2D eigenvalue weighted by Crippen LogP contribution is 2.29. The number of carboxylic acids is 3. The van der Waals surface area contributed by atoms with E-state index in [1.54, 1.807) is 6.20 Å². The number of aryl methyl sites for hydroxylation is 1. The Kier molecular flexibility index (Phi) is 11.4. The molecule has 0 atom stereocenters. The Morgan fingerprint density at radius 2 is 1.30 bits per heavy atom. The molecule has 0 bridgehead atoms. The normalized spacial score (nSPS) is 11.6. The van der Waals surface area contributed by atoms with Crippen LogP contribution in [0.5, 0.6) is 0 Å². The van der Waals surface area contributed by atoms with E-state index in [1.807, 2.05) is 53.3 Å². The molecule has 22 heteroatoms. The van der Waals surface area contributed by atoms with Gasteiger partial charge in [-0.1, -0.05) is 18.2 Å². The van der Waals surface area contributed by atoms with Gasteiger partial charge in [0.15, 0.2) is 11.4 Å². The number of carboxylic acid groups (broad SMARTS) is 3. The van der Waals surface area contributed by atoms with Crippen molar-refractivity contribution < 1.29 is 73.6 Å². The van der Waals surface area contributed by atoms with Gasteiger partial charge in [-0.15, -0.1) is 0 Å². The third-order valence-corrected chi connectivity index (χ3v) is 5.84. The molecular weight excluding hydrogens is 703 g/mol. The largest absolute Gasteiger partial charge is 0.490 e. The number of nitrogens with zero attached hydrogens (tertiary/aromatic N) is 5. The number of aromatic amines is 1. The number of hydrogen-bond donors (Lipinski definition) is 4.